The lowest BCUT2D eigenvalue weighted by molar-refractivity contribution is -0.116. The van der Waals surface area contributed by atoms with Gasteiger partial charge in [0.15, 0.2) is 0 Å². The van der Waals surface area contributed by atoms with E-state index >= 15 is 0 Å². The van der Waals surface area contributed by atoms with Crippen molar-refractivity contribution in [3.8, 4) is 0 Å². The number of carbonyl (C=O) groups excluding carboxylic acids is 1. The first-order valence-corrected chi connectivity index (χ1v) is 8.80. The van der Waals surface area contributed by atoms with Crippen molar-refractivity contribution in [3.05, 3.63) is 65.2 Å². The number of aryl methyl sites for hydroxylation is 1. The minimum absolute atomic E-state index is 0.295. The zero-order valence-electron chi connectivity index (χ0n) is 13.5. The van der Waals surface area contributed by atoms with Crippen LogP contribution in [0.1, 0.15) is 11.3 Å². The first-order valence-electron chi connectivity index (χ1n) is 7.30. The third kappa shape index (κ3) is 5.29. The van der Waals surface area contributed by atoms with Crippen LogP contribution in [0.2, 0.25) is 0 Å². The summed E-state index contributed by atoms with van der Waals surface area (Å²) in [6, 6.07) is 14.3. The van der Waals surface area contributed by atoms with Gasteiger partial charge in [-0.2, -0.15) is 4.31 Å². The summed E-state index contributed by atoms with van der Waals surface area (Å²) in [5.74, 6) is -0.0575. The number of rotatable bonds is 6. The van der Waals surface area contributed by atoms with E-state index in [0.29, 0.717) is 5.82 Å². The standard InChI is InChI=1S/C17H19N3O3S/c1-14-7-6-10-16(18-14)19-17(21)13-20(2)24(22,23)12-11-15-8-4-3-5-9-15/h3-12H,13H2,1-2H3,(H,18,19,21)/b12-11+. The molecule has 0 unspecified atom stereocenters. The Morgan fingerprint density at radius 1 is 1.17 bits per heavy atom. The van der Waals surface area contributed by atoms with Crippen LogP contribution in [0.25, 0.3) is 6.08 Å². The maximum absolute atomic E-state index is 12.2. The minimum Gasteiger partial charge on any atom is -0.310 e. The molecule has 0 radical (unpaired) electrons. The molecule has 1 aromatic carbocycles. The van der Waals surface area contributed by atoms with Crippen LogP contribution >= 0.6 is 0 Å². The number of sulfonamides is 1. The van der Waals surface area contributed by atoms with E-state index in [1.165, 1.54) is 13.1 Å². The summed E-state index contributed by atoms with van der Waals surface area (Å²) in [5.41, 5.74) is 1.53. The zero-order chi connectivity index (χ0) is 17.6. The second kappa shape index (κ2) is 7.85. The van der Waals surface area contributed by atoms with Crippen LogP contribution in [0.4, 0.5) is 5.82 Å². The Balaban J connectivity index is 1.98. The van der Waals surface area contributed by atoms with Gasteiger partial charge in [-0.05, 0) is 30.7 Å². The highest BCUT2D eigenvalue weighted by Crippen LogP contribution is 2.08. The molecule has 2 aromatic rings. The molecule has 0 saturated heterocycles. The number of amides is 1. The molecule has 2 rings (SSSR count). The number of nitrogens with one attached hydrogen (secondary N) is 1. The number of hydrogen-bond donors (Lipinski definition) is 1. The van der Waals surface area contributed by atoms with Crippen LogP contribution < -0.4 is 5.32 Å². The van der Waals surface area contributed by atoms with Gasteiger partial charge in [-0.3, -0.25) is 4.79 Å². The predicted octanol–water partition coefficient (Wildman–Crippen LogP) is 2.26. The molecule has 1 aromatic heterocycles. The number of anilines is 1. The molecule has 24 heavy (non-hydrogen) atoms. The summed E-state index contributed by atoms with van der Waals surface area (Å²) in [7, 11) is -2.33. The van der Waals surface area contributed by atoms with E-state index < -0.39 is 15.9 Å². The van der Waals surface area contributed by atoms with E-state index in [2.05, 4.69) is 10.3 Å². The molecule has 1 N–H and O–H groups in total. The highest BCUT2D eigenvalue weighted by molar-refractivity contribution is 7.92. The molecule has 0 fully saturated rings. The second-order valence-corrected chi connectivity index (χ2v) is 7.15. The maximum Gasteiger partial charge on any atom is 0.240 e. The van der Waals surface area contributed by atoms with Crippen molar-refractivity contribution in [2.45, 2.75) is 6.92 Å². The average Bonchev–Trinajstić information content (AvgIpc) is 2.54. The average molecular weight is 345 g/mol. The lowest BCUT2D eigenvalue weighted by Gasteiger charge is -2.14. The number of benzene rings is 1. The Labute approximate surface area is 141 Å². The Kier molecular flexibility index (Phi) is 5.83. The normalized spacial score (nSPS) is 11.8. The Hall–Kier alpha value is -2.51. The lowest BCUT2D eigenvalue weighted by atomic mass is 10.2. The van der Waals surface area contributed by atoms with E-state index in [1.54, 1.807) is 37.3 Å². The summed E-state index contributed by atoms with van der Waals surface area (Å²) in [6.07, 6.45) is 1.49. The molecule has 0 aliphatic heterocycles. The van der Waals surface area contributed by atoms with Crippen molar-refractivity contribution >= 4 is 27.8 Å². The van der Waals surface area contributed by atoms with E-state index in [1.807, 2.05) is 18.2 Å². The van der Waals surface area contributed by atoms with Gasteiger partial charge in [-0.1, -0.05) is 36.4 Å². The highest BCUT2D eigenvalue weighted by atomic mass is 32.2. The maximum atomic E-state index is 12.2. The molecule has 0 bridgehead atoms. The quantitative estimate of drug-likeness (QED) is 0.871. The van der Waals surface area contributed by atoms with Gasteiger partial charge >= 0.3 is 0 Å². The van der Waals surface area contributed by atoms with E-state index in [4.69, 9.17) is 0 Å². The van der Waals surface area contributed by atoms with Gasteiger partial charge in [-0.15, -0.1) is 0 Å². The number of hydrogen-bond acceptors (Lipinski definition) is 4. The Morgan fingerprint density at radius 2 is 1.88 bits per heavy atom. The van der Waals surface area contributed by atoms with Crippen molar-refractivity contribution in [1.82, 2.24) is 9.29 Å². The summed E-state index contributed by atoms with van der Waals surface area (Å²) >= 11 is 0. The highest BCUT2D eigenvalue weighted by Gasteiger charge is 2.18. The molecular formula is C17H19N3O3S. The number of carbonyl (C=O) groups is 1. The monoisotopic (exact) mass is 345 g/mol. The molecular weight excluding hydrogens is 326 g/mol. The third-order valence-corrected chi connectivity index (χ3v) is 4.67. The Morgan fingerprint density at radius 3 is 2.54 bits per heavy atom. The molecule has 7 heteroatoms. The van der Waals surface area contributed by atoms with Crippen LogP contribution in [-0.4, -0.2) is 37.2 Å². The van der Waals surface area contributed by atoms with Gasteiger partial charge < -0.3 is 5.32 Å². The van der Waals surface area contributed by atoms with Crippen molar-refractivity contribution < 1.29 is 13.2 Å². The molecule has 1 heterocycles. The van der Waals surface area contributed by atoms with Crippen LogP contribution in [0.15, 0.2) is 53.9 Å². The van der Waals surface area contributed by atoms with Crippen LogP contribution in [-0.2, 0) is 14.8 Å². The molecule has 0 aliphatic rings. The number of aromatic nitrogens is 1. The van der Waals surface area contributed by atoms with Gasteiger partial charge in [0.05, 0.1) is 6.54 Å². The van der Waals surface area contributed by atoms with E-state index in [-0.39, 0.29) is 6.54 Å². The fourth-order valence-electron chi connectivity index (χ4n) is 1.92. The molecule has 0 saturated carbocycles. The Bertz CT molecular complexity index is 833. The summed E-state index contributed by atoms with van der Waals surface area (Å²) in [5, 5.41) is 3.66. The van der Waals surface area contributed by atoms with Crippen molar-refractivity contribution in [2.75, 3.05) is 18.9 Å². The summed E-state index contributed by atoms with van der Waals surface area (Å²) in [4.78, 5) is 16.1. The number of pyridine rings is 1. The lowest BCUT2D eigenvalue weighted by Crippen LogP contribution is -2.33. The van der Waals surface area contributed by atoms with Crippen molar-refractivity contribution in [3.63, 3.8) is 0 Å². The first-order chi connectivity index (χ1) is 11.4. The number of nitrogens with zero attached hydrogens (tertiary/aromatic N) is 2. The van der Waals surface area contributed by atoms with Gasteiger partial charge in [0.1, 0.15) is 5.82 Å². The minimum atomic E-state index is -3.68. The van der Waals surface area contributed by atoms with Crippen molar-refractivity contribution in [1.29, 1.82) is 0 Å². The fourth-order valence-corrected chi connectivity index (χ4v) is 2.75. The van der Waals surface area contributed by atoms with Gasteiger partial charge in [-0.25, -0.2) is 13.4 Å². The topological polar surface area (TPSA) is 79.4 Å². The molecule has 0 spiro atoms. The first kappa shape index (κ1) is 17.8. The van der Waals surface area contributed by atoms with E-state index in [9.17, 15) is 13.2 Å². The second-order valence-electron chi connectivity index (χ2n) is 5.23. The van der Waals surface area contributed by atoms with E-state index in [0.717, 1.165) is 21.0 Å². The fraction of sp³-hybridized carbons (Fsp3) is 0.176. The molecule has 0 aliphatic carbocycles. The van der Waals surface area contributed by atoms with Gasteiger partial charge in [0.25, 0.3) is 0 Å². The summed E-state index contributed by atoms with van der Waals surface area (Å²) in [6.45, 7) is 1.51. The largest absolute Gasteiger partial charge is 0.310 e. The van der Waals surface area contributed by atoms with Crippen LogP contribution in [0.3, 0.4) is 0 Å². The van der Waals surface area contributed by atoms with Crippen LogP contribution in [0, 0.1) is 6.92 Å². The number of likely N-dealkylation sites (N-methyl/N-ethyl adjacent to an activating group) is 1. The molecule has 1 amide bonds. The van der Waals surface area contributed by atoms with Crippen LogP contribution in [0.5, 0.6) is 0 Å². The SMILES string of the molecule is Cc1cccc(NC(=O)CN(C)S(=O)(=O)/C=C/c2ccccc2)n1. The van der Waals surface area contributed by atoms with Gasteiger partial charge in [0.2, 0.25) is 15.9 Å². The molecule has 0 atom stereocenters. The zero-order valence-corrected chi connectivity index (χ0v) is 14.3. The van der Waals surface area contributed by atoms with Crippen molar-refractivity contribution in [2.24, 2.45) is 0 Å². The molecule has 6 nitrogen and oxygen atoms in total. The predicted molar refractivity (Wildman–Crippen MR) is 94.6 cm³/mol. The van der Waals surface area contributed by atoms with Gasteiger partial charge in [0, 0.05) is 18.1 Å². The smallest absolute Gasteiger partial charge is 0.240 e. The molecule has 126 valence electrons. The third-order valence-electron chi connectivity index (χ3n) is 3.19. The summed E-state index contributed by atoms with van der Waals surface area (Å²) < 4.78 is 25.4.